The topological polar surface area (TPSA) is 119 Å². The Bertz CT molecular complexity index is 558. The third kappa shape index (κ3) is 85.8. The molecule has 0 amide bonds. The quantitative estimate of drug-likeness (QED) is 0.0342. The summed E-state index contributed by atoms with van der Waals surface area (Å²) >= 11 is 0. The molecule has 0 aromatic rings. The van der Waals surface area contributed by atoms with E-state index in [0.717, 1.165) is 38.5 Å². The zero-order chi connectivity index (χ0) is 45.9. The SMILES string of the molecule is CC.CC.CCCCCCCCCCC(C)O.CCCCCCCCCCC(C)O.CCCCCCCCCCC(O)CNCC(O)CCCCCCCCCC.CN. The lowest BCUT2D eigenvalue weighted by Gasteiger charge is -2.15. The molecule has 6 nitrogen and oxygen atoms in total. The van der Waals surface area contributed by atoms with Crippen molar-refractivity contribution in [2.45, 2.75) is 325 Å². The van der Waals surface area contributed by atoms with Gasteiger partial charge in [0.15, 0.2) is 0 Å². The molecule has 0 aliphatic rings. The molecule has 59 heavy (non-hydrogen) atoms. The first-order valence-electron chi connectivity index (χ1n) is 26.7. The van der Waals surface area contributed by atoms with Crippen molar-refractivity contribution >= 4 is 0 Å². The van der Waals surface area contributed by atoms with E-state index in [1.807, 2.05) is 41.5 Å². The Morgan fingerprint density at radius 1 is 0.305 bits per heavy atom. The van der Waals surface area contributed by atoms with Crippen molar-refractivity contribution in [3.63, 3.8) is 0 Å². The Hall–Kier alpha value is -0.240. The van der Waals surface area contributed by atoms with Gasteiger partial charge in [0.2, 0.25) is 0 Å². The molecule has 0 spiro atoms. The Morgan fingerprint density at radius 2 is 0.475 bits per heavy atom. The van der Waals surface area contributed by atoms with Gasteiger partial charge in [0.05, 0.1) is 24.4 Å². The van der Waals surface area contributed by atoms with Crippen LogP contribution in [0, 0.1) is 0 Å². The molecule has 4 atom stereocenters. The highest BCUT2D eigenvalue weighted by atomic mass is 16.3. The van der Waals surface area contributed by atoms with E-state index in [0.29, 0.717) is 13.1 Å². The molecule has 0 aliphatic carbocycles. The molecule has 0 bridgehead atoms. The van der Waals surface area contributed by atoms with Gasteiger partial charge in [0.25, 0.3) is 0 Å². The maximum Gasteiger partial charge on any atom is 0.0664 e. The smallest absolute Gasteiger partial charge is 0.0664 e. The monoisotopic (exact) mass is 849 g/mol. The fourth-order valence-corrected chi connectivity index (χ4v) is 6.80. The van der Waals surface area contributed by atoms with Crippen molar-refractivity contribution in [3.8, 4) is 0 Å². The van der Waals surface area contributed by atoms with E-state index in [2.05, 4.69) is 38.7 Å². The normalized spacial score (nSPS) is 12.4. The summed E-state index contributed by atoms with van der Waals surface area (Å²) in [6, 6.07) is 0. The first-order chi connectivity index (χ1) is 28.7. The first-order valence-corrected chi connectivity index (χ1v) is 26.7. The zero-order valence-corrected chi connectivity index (χ0v) is 43.0. The molecule has 4 unspecified atom stereocenters. The average molecular weight is 850 g/mol. The van der Waals surface area contributed by atoms with Gasteiger partial charge in [0, 0.05) is 13.1 Å². The van der Waals surface area contributed by atoms with E-state index in [4.69, 9.17) is 10.2 Å². The van der Waals surface area contributed by atoms with Crippen molar-refractivity contribution < 1.29 is 20.4 Å². The van der Waals surface area contributed by atoms with Gasteiger partial charge in [-0.3, -0.25) is 0 Å². The molecule has 0 saturated heterocycles. The minimum atomic E-state index is -0.264. The van der Waals surface area contributed by atoms with Gasteiger partial charge in [-0.15, -0.1) is 0 Å². The van der Waals surface area contributed by atoms with Crippen molar-refractivity contribution in [1.29, 1.82) is 0 Å². The van der Waals surface area contributed by atoms with Gasteiger partial charge in [-0.25, -0.2) is 0 Å². The molecule has 366 valence electrons. The summed E-state index contributed by atoms with van der Waals surface area (Å²) in [6.07, 6.45) is 45.5. The molecule has 0 saturated carbocycles. The molecule has 6 heteroatoms. The number of hydrogen-bond donors (Lipinski definition) is 6. The summed E-state index contributed by atoms with van der Waals surface area (Å²) in [5.74, 6) is 0. The van der Waals surface area contributed by atoms with E-state index < -0.39 is 0 Å². The number of rotatable bonds is 40. The molecule has 0 rings (SSSR count). The van der Waals surface area contributed by atoms with Gasteiger partial charge >= 0.3 is 0 Å². The first kappa shape index (κ1) is 70.4. The Labute approximate surface area is 375 Å². The average Bonchev–Trinajstić information content (AvgIpc) is 3.24. The van der Waals surface area contributed by atoms with E-state index in [1.165, 1.54) is 200 Å². The molecule has 7 N–H and O–H groups in total. The number of nitrogens with two attached hydrogens (primary N) is 1. The highest BCUT2D eigenvalue weighted by molar-refractivity contribution is 4.65. The summed E-state index contributed by atoms with van der Waals surface area (Å²) in [6.45, 7) is 22.0. The second-order valence-electron chi connectivity index (χ2n) is 16.7. The molecule has 0 radical (unpaired) electrons. The van der Waals surface area contributed by atoms with Crippen LogP contribution in [0.25, 0.3) is 0 Å². The maximum absolute atomic E-state index is 10.0. The number of hydrogen-bond acceptors (Lipinski definition) is 6. The molecule has 0 heterocycles. The van der Waals surface area contributed by atoms with Crippen LogP contribution in [0.3, 0.4) is 0 Å². The lowest BCUT2D eigenvalue weighted by atomic mass is 10.1. The lowest BCUT2D eigenvalue weighted by molar-refractivity contribution is 0.132. The standard InChI is InChI=1S/C24H51NO2.2C12H26O.2C2H6.CH5N/c1-3-5-7-9-11-13-15-17-19-23(26)21-25-22-24(27)20-18-16-14-12-10-8-6-4-2;2*1-3-4-5-6-7-8-9-10-11-12(2)13;3*1-2/h23-27H,3-22H2,1-2H3;2*12-13H,3-11H2,1-2H3;2*1-2H3;2H2,1H3. The second-order valence-corrected chi connectivity index (χ2v) is 16.7. The summed E-state index contributed by atoms with van der Waals surface area (Å²) in [5.41, 5.74) is 4.50. The predicted molar refractivity (Wildman–Crippen MR) is 270 cm³/mol. The largest absolute Gasteiger partial charge is 0.393 e. The molecular weight excluding hydrogens is 729 g/mol. The van der Waals surface area contributed by atoms with Crippen LogP contribution in [0.4, 0.5) is 0 Å². The van der Waals surface area contributed by atoms with Gasteiger partial charge in [-0.1, -0.05) is 261 Å². The van der Waals surface area contributed by atoms with E-state index in [-0.39, 0.29) is 24.4 Å². The van der Waals surface area contributed by atoms with Crippen molar-refractivity contribution in [1.82, 2.24) is 5.32 Å². The van der Waals surface area contributed by atoms with Crippen LogP contribution in [-0.4, -0.2) is 65.0 Å². The fraction of sp³-hybridized carbons (Fsp3) is 1.00. The van der Waals surface area contributed by atoms with Crippen LogP contribution >= 0.6 is 0 Å². The minimum absolute atomic E-state index is 0.0971. The van der Waals surface area contributed by atoms with E-state index in [9.17, 15) is 10.2 Å². The van der Waals surface area contributed by atoms with Crippen LogP contribution in [0.2, 0.25) is 0 Å². The molecular formula is C53H120N2O4. The van der Waals surface area contributed by atoms with Gasteiger partial charge in [-0.2, -0.15) is 0 Å². The molecule has 0 aromatic carbocycles. The second kappa shape index (κ2) is 72.2. The van der Waals surface area contributed by atoms with Crippen molar-refractivity contribution in [2.24, 2.45) is 5.73 Å². The number of aliphatic hydroxyl groups excluding tert-OH is 4. The van der Waals surface area contributed by atoms with Gasteiger partial charge in [0.1, 0.15) is 0 Å². The minimum Gasteiger partial charge on any atom is -0.393 e. The summed E-state index contributed by atoms with van der Waals surface area (Å²) in [4.78, 5) is 0. The number of unbranched alkanes of at least 4 members (excludes halogenated alkanes) is 28. The fourth-order valence-electron chi connectivity index (χ4n) is 6.80. The van der Waals surface area contributed by atoms with E-state index >= 15 is 0 Å². The summed E-state index contributed by atoms with van der Waals surface area (Å²) < 4.78 is 0. The summed E-state index contributed by atoms with van der Waals surface area (Å²) in [5, 5.41) is 41.3. The predicted octanol–water partition coefficient (Wildman–Crippen LogP) is 15.8. The van der Waals surface area contributed by atoms with Gasteiger partial charge in [-0.05, 0) is 46.6 Å². The summed E-state index contributed by atoms with van der Waals surface area (Å²) in [7, 11) is 1.50. The third-order valence-electron chi connectivity index (χ3n) is 10.5. The van der Waals surface area contributed by atoms with Crippen LogP contribution in [0.1, 0.15) is 300 Å². The third-order valence-corrected chi connectivity index (χ3v) is 10.5. The van der Waals surface area contributed by atoms with Crippen molar-refractivity contribution in [2.75, 3.05) is 20.1 Å². The molecule has 0 aromatic heterocycles. The Balaban J connectivity index is -0.000000184. The van der Waals surface area contributed by atoms with E-state index in [1.54, 1.807) is 0 Å². The van der Waals surface area contributed by atoms with Crippen LogP contribution in [0.15, 0.2) is 0 Å². The highest BCUT2D eigenvalue weighted by Crippen LogP contribution is 2.13. The van der Waals surface area contributed by atoms with Crippen LogP contribution < -0.4 is 11.1 Å². The Morgan fingerprint density at radius 3 is 0.661 bits per heavy atom. The van der Waals surface area contributed by atoms with Gasteiger partial charge < -0.3 is 31.5 Å². The molecule has 0 fully saturated rings. The zero-order valence-electron chi connectivity index (χ0n) is 43.0. The number of nitrogens with one attached hydrogen (secondary N) is 1. The lowest BCUT2D eigenvalue weighted by Crippen LogP contribution is -2.33. The van der Waals surface area contributed by atoms with Crippen LogP contribution in [0.5, 0.6) is 0 Å². The number of aliphatic hydroxyl groups is 4. The maximum atomic E-state index is 10.0. The highest BCUT2D eigenvalue weighted by Gasteiger charge is 2.07. The molecule has 0 aliphatic heterocycles. The van der Waals surface area contributed by atoms with Crippen molar-refractivity contribution in [3.05, 3.63) is 0 Å². The van der Waals surface area contributed by atoms with Crippen LogP contribution in [-0.2, 0) is 0 Å². The Kier molecular flexibility index (Phi) is 86.2.